The number of aromatic nitrogens is 4. The quantitative estimate of drug-likeness (QED) is 0.765. The van der Waals surface area contributed by atoms with E-state index in [2.05, 4.69) is 4.98 Å². The van der Waals surface area contributed by atoms with Crippen LogP contribution >= 0.6 is 0 Å². The van der Waals surface area contributed by atoms with E-state index in [4.69, 9.17) is 5.11 Å². The summed E-state index contributed by atoms with van der Waals surface area (Å²) in [5.41, 5.74) is 0.300. The number of aliphatic hydroxyl groups is 1. The number of hydrogen-bond donors (Lipinski definition) is 1. The van der Waals surface area contributed by atoms with Crippen molar-refractivity contribution in [3.8, 4) is 0 Å². The number of aryl methyl sites for hydroxylation is 2. The predicted molar refractivity (Wildman–Crippen MR) is 75.9 cm³/mol. The molecule has 0 unspecified atom stereocenters. The summed E-state index contributed by atoms with van der Waals surface area (Å²) in [6.07, 6.45) is 3.03. The summed E-state index contributed by atoms with van der Waals surface area (Å²) in [7, 11) is 0. The Morgan fingerprint density at radius 1 is 1.15 bits per heavy atom. The Labute approximate surface area is 116 Å². The molecule has 20 heavy (non-hydrogen) atoms. The lowest BCUT2D eigenvalue weighted by Gasteiger charge is -2.09. The summed E-state index contributed by atoms with van der Waals surface area (Å²) < 4.78 is 4.52. The van der Waals surface area contributed by atoms with Crippen molar-refractivity contribution in [3.63, 3.8) is 0 Å². The van der Waals surface area contributed by atoms with Crippen LogP contribution in [0.5, 0.6) is 0 Å². The molecule has 0 aliphatic heterocycles. The summed E-state index contributed by atoms with van der Waals surface area (Å²) in [4.78, 5) is 28.8. The molecule has 0 bridgehead atoms. The zero-order valence-electron chi connectivity index (χ0n) is 11.9. The molecule has 7 heteroatoms. The Kier molecular flexibility index (Phi) is 4.39. The van der Waals surface area contributed by atoms with Crippen LogP contribution in [0.2, 0.25) is 0 Å². The topological polar surface area (TPSA) is 82.0 Å². The van der Waals surface area contributed by atoms with Crippen LogP contribution in [0.4, 0.5) is 0 Å². The molecule has 1 N–H and O–H groups in total. The van der Waals surface area contributed by atoms with Gasteiger partial charge in [-0.3, -0.25) is 13.9 Å². The predicted octanol–water partition coefficient (Wildman–Crippen LogP) is 0.172. The monoisotopic (exact) mass is 280 g/mol. The number of imidazole rings is 1. The van der Waals surface area contributed by atoms with Gasteiger partial charge in [0.1, 0.15) is 0 Å². The van der Waals surface area contributed by atoms with E-state index < -0.39 is 0 Å². The highest BCUT2D eigenvalue weighted by Gasteiger charge is 2.16. The molecule has 2 rings (SSSR count). The van der Waals surface area contributed by atoms with E-state index in [-0.39, 0.29) is 17.9 Å². The van der Waals surface area contributed by atoms with Crippen molar-refractivity contribution in [1.29, 1.82) is 0 Å². The smallest absolute Gasteiger partial charge is 0.332 e. The van der Waals surface area contributed by atoms with Gasteiger partial charge in [-0.2, -0.15) is 0 Å². The summed E-state index contributed by atoms with van der Waals surface area (Å²) in [6, 6.07) is 0. The van der Waals surface area contributed by atoms with Gasteiger partial charge in [-0.05, 0) is 26.7 Å². The molecule has 0 amide bonds. The van der Waals surface area contributed by atoms with Gasteiger partial charge >= 0.3 is 5.69 Å². The largest absolute Gasteiger partial charge is 0.396 e. The first-order valence-corrected chi connectivity index (χ1v) is 6.95. The van der Waals surface area contributed by atoms with Crippen molar-refractivity contribution < 1.29 is 5.11 Å². The normalized spacial score (nSPS) is 11.3. The van der Waals surface area contributed by atoms with E-state index in [9.17, 15) is 9.59 Å². The van der Waals surface area contributed by atoms with Crippen molar-refractivity contribution in [2.24, 2.45) is 0 Å². The van der Waals surface area contributed by atoms with Gasteiger partial charge in [0, 0.05) is 26.2 Å². The van der Waals surface area contributed by atoms with E-state index in [1.807, 2.05) is 6.92 Å². The van der Waals surface area contributed by atoms with Crippen LogP contribution in [0.1, 0.15) is 26.7 Å². The highest BCUT2D eigenvalue weighted by atomic mass is 16.3. The highest BCUT2D eigenvalue weighted by Crippen LogP contribution is 2.08. The molecule has 2 heterocycles. The second kappa shape index (κ2) is 6.04. The fourth-order valence-corrected chi connectivity index (χ4v) is 2.37. The van der Waals surface area contributed by atoms with Gasteiger partial charge < -0.3 is 9.67 Å². The van der Waals surface area contributed by atoms with Crippen molar-refractivity contribution in [2.75, 3.05) is 6.61 Å². The molecule has 0 fully saturated rings. The van der Waals surface area contributed by atoms with Crippen LogP contribution in [0.25, 0.3) is 11.2 Å². The maximum absolute atomic E-state index is 12.4. The van der Waals surface area contributed by atoms with Crippen LogP contribution in [0, 0.1) is 0 Å². The third kappa shape index (κ3) is 2.29. The fraction of sp³-hybridized carbons (Fsp3) is 0.615. The molecule has 0 aliphatic carbocycles. The van der Waals surface area contributed by atoms with E-state index in [0.29, 0.717) is 37.2 Å². The molecule has 2 aromatic rings. The molecule has 110 valence electrons. The Bertz CT molecular complexity index is 711. The molecule has 2 aromatic heterocycles. The molecule has 0 aromatic carbocycles. The lowest BCUT2D eigenvalue weighted by Crippen LogP contribution is -2.40. The molecule has 0 saturated carbocycles. The summed E-state index contributed by atoms with van der Waals surface area (Å²) in [5, 5.41) is 8.83. The molecule has 0 atom stereocenters. The zero-order valence-corrected chi connectivity index (χ0v) is 11.9. The van der Waals surface area contributed by atoms with Gasteiger partial charge in [-0.25, -0.2) is 9.78 Å². The molecule has 0 saturated heterocycles. The molecule has 0 aliphatic rings. The van der Waals surface area contributed by atoms with Gasteiger partial charge in [-0.15, -0.1) is 0 Å². The van der Waals surface area contributed by atoms with Crippen molar-refractivity contribution in [1.82, 2.24) is 18.7 Å². The first-order chi connectivity index (χ1) is 9.65. The number of fused-ring (bicyclic) bond motifs is 1. The minimum atomic E-state index is -0.312. The number of hydrogen-bond acceptors (Lipinski definition) is 4. The number of rotatable bonds is 6. The average Bonchev–Trinajstić information content (AvgIpc) is 2.84. The van der Waals surface area contributed by atoms with Gasteiger partial charge in [0.15, 0.2) is 11.2 Å². The lowest BCUT2D eigenvalue weighted by molar-refractivity contribution is 0.281. The maximum Gasteiger partial charge on any atom is 0.332 e. The molecule has 0 spiro atoms. The fourth-order valence-electron chi connectivity index (χ4n) is 2.37. The Morgan fingerprint density at radius 3 is 2.45 bits per heavy atom. The number of aliphatic hydroxyl groups excluding tert-OH is 1. The lowest BCUT2D eigenvalue weighted by atomic mass is 10.3. The van der Waals surface area contributed by atoms with Gasteiger partial charge in [-0.1, -0.05) is 0 Å². The average molecular weight is 280 g/mol. The van der Waals surface area contributed by atoms with Crippen molar-refractivity contribution in [3.05, 3.63) is 27.2 Å². The van der Waals surface area contributed by atoms with Crippen LogP contribution in [-0.4, -0.2) is 30.4 Å². The van der Waals surface area contributed by atoms with Crippen LogP contribution in [-0.2, 0) is 19.6 Å². The Morgan fingerprint density at radius 2 is 1.85 bits per heavy atom. The summed E-state index contributed by atoms with van der Waals surface area (Å²) >= 11 is 0. The minimum Gasteiger partial charge on any atom is -0.396 e. The highest BCUT2D eigenvalue weighted by molar-refractivity contribution is 5.70. The van der Waals surface area contributed by atoms with Crippen molar-refractivity contribution >= 4 is 11.2 Å². The SMILES string of the molecule is CCn1c(=O)c2c(ncn2CCCCO)n(CC)c1=O. The van der Waals surface area contributed by atoms with Gasteiger partial charge in [0.2, 0.25) is 0 Å². The van der Waals surface area contributed by atoms with Crippen molar-refractivity contribution in [2.45, 2.75) is 46.3 Å². The molecule has 7 nitrogen and oxygen atoms in total. The molecule has 0 radical (unpaired) electrons. The Balaban J connectivity index is 2.65. The number of unbranched alkanes of at least 4 members (excludes halogenated alkanes) is 1. The summed E-state index contributed by atoms with van der Waals surface area (Å²) in [6.45, 7) is 5.19. The van der Waals surface area contributed by atoms with E-state index in [0.717, 1.165) is 6.42 Å². The summed E-state index contributed by atoms with van der Waals surface area (Å²) in [5.74, 6) is 0. The van der Waals surface area contributed by atoms with Gasteiger partial charge in [0.05, 0.1) is 6.33 Å². The first-order valence-electron chi connectivity index (χ1n) is 6.95. The van der Waals surface area contributed by atoms with E-state index in [1.54, 1.807) is 17.8 Å². The number of nitrogens with zero attached hydrogens (tertiary/aromatic N) is 4. The van der Waals surface area contributed by atoms with E-state index >= 15 is 0 Å². The third-order valence-electron chi connectivity index (χ3n) is 3.42. The Hall–Kier alpha value is -1.89. The molecular weight excluding hydrogens is 260 g/mol. The molecular formula is C13H20N4O3. The third-order valence-corrected chi connectivity index (χ3v) is 3.42. The van der Waals surface area contributed by atoms with E-state index in [1.165, 1.54) is 9.13 Å². The van der Waals surface area contributed by atoms with Gasteiger partial charge in [0.25, 0.3) is 5.56 Å². The van der Waals surface area contributed by atoms with Crippen LogP contribution in [0.3, 0.4) is 0 Å². The minimum absolute atomic E-state index is 0.130. The second-order valence-corrected chi connectivity index (χ2v) is 4.62. The first kappa shape index (κ1) is 14.5. The second-order valence-electron chi connectivity index (χ2n) is 4.62. The maximum atomic E-state index is 12.4. The van der Waals surface area contributed by atoms with Crippen LogP contribution in [0.15, 0.2) is 15.9 Å². The standard InChI is InChI=1S/C13H20N4O3/c1-3-16-11-10(12(19)17(4-2)13(16)20)15(9-14-11)7-5-6-8-18/h9,18H,3-8H2,1-2H3. The zero-order chi connectivity index (χ0) is 14.7. The van der Waals surface area contributed by atoms with Crippen LogP contribution < -0.4 is 11.2 Å².